The van der Waals surface area contributed by atoms with E-state index in [4.69, 9.17) is 14.2 Å². The van der Waals surface area contributed by atoms with Crippen molar-refractivity contribution in [3.8, 4) is 11.5 Å². The Bertz CT molecular complexity index is 897. The maximum atomic E-state index is 13.0. The van der Waals surface area contributed by atoms with Crippen molar-refractivity contribution in [2.75, 3.05) is 38.9 Å². The van der Waals surface area contributed by atoms with Gasteiger partial charge in [0.1, 0.15) is 0 Å². The van der Waals surface area contributed by atoms with Gasteiger partial charge in [-0.1, -0.05) is 50.6 Å². The minimum absolute atomic E-state index is 0.0805. The molecule has 7 heteroatoms. The van der Waals surface area contributed by atoms with Crippen LogP contribution in [0.5, 0.6) is 11.5 Å². The minimum Gasteiger partial charge on any atom is -0.490 e. The monoisotopic (exact) mass is 470 g/mol. The van der Waals surface area contributed by atoms with Gasteiger partial charge in [-0.05, 0) is 37.0 Å². The number of piperidine rings is 1. The standard InChI is InChI=1S/C27H38N2O5/c1-4-5-17-33-24-12-11-23(18-25(24)34-20-32-3)28-26(30)21(2)27(31)13-15-29(16-14-27)19-22-9-7-6-8-10-22/h6-12,18,21,31H,4-5,13-17,19-20H2,1-3H3,(H,28,30). The zero-order valence-corrected chi connectivity index (χ0v) is 20.6. The Kier molecular flexibility index (Phi) is 9.74. The predicted octanol–water partition coefficient (Wildman–Crippen LogP) is 4.45. The molecule has 0 spiro atoms. The fraction of sp³-hybridized carbons (Fsp3) is 0.519. The van der Waals surface area contributed by atoms with Gasteiger partial charge in [0, 0.05) is 38.5 Å². The van der Waals surface area contributed by atoms with Crippen molar-refractivity contribution in [2.45, 2.75) is 51.7 Å². The average Bonchev–Trinajstić information content (AvgIpc) is 2.85. The summed E-state index contributed by atoms with van der Waals surface area (Å²) in [6.07, 6.45) is 3.09. The van der Waals surface area contributed by atoms with E-state index in [1.165, 1.54) is 5.56 Å². The van der Waals surface area contributed by atoms with Crippen molar-refractivity contribution in [3.05, 3.63) is 54.1 Å². The van der Waals surface area contributed by atoms with E-state index in [-0.39, 0.29) is 12.7 Å². The van der Waals surface area contributed by atoms with Crippen LogP contribution in [0.3, 0.4) is 0 Å². The number of amides is 1. The number of unbranched alkanes of at least 4 members (excludes halogenated alkanes) is 1. The van der Waals surface area contributed by atoms with Crippen molar-refractivity contribution < 1.29 is 24.1 Å². The lowest BCUT2D eigenvalue weighted by molar-refractivity contribution is -0.132. The number of carbonyl (C=O) groups is 1. The van der Waals surface area contributed by atoms with Gasteiger partial charge in [-0.15, -0.1) is 0 Å². The number of hydrogen-bond acceptors (Lipinski definition) is 6. The van der Waals surface area contributed by atoms with Gasteiger partial charge < -0.3 is 24.6 Å². The molecule has 0 radical (unpaired) electrons. The zero-order chi connectivity index (χ0) is 24.4. The predicted molar refractivity (Wildman–Crippen MR) is 133 cm³/mol. The molecule has 1 fully saturated rings. The van der Waals surface area contributed by atoms with Crippen LogP contribution in [0.2, 0.25) is 0 Å². The highest BCUT2D eigenvalue weighted by atomic mass is 16.7. The number of hydrogen-bond donors (Lipinski definition) is 2. The Balaban J connectivity index is 1.58. The molecular weight excluding hydrogens is 432 g/mol. The number of rotatable bonds is 12. The summed E-state index contributed by atoms with van der Waals surface area (Å²) in [6, 6.07) is 15.6. The molecule has 1 aliphatic rings. The van der Waals surface area contributed by atoms with E-state index in [0.29, 0.717) is 36.6 Å². The molecule has 0 aliphatic carbocycles. The fourth-order valence-corrected chi connectivity index (χ4v) is 4.13. The maximum Gasteiger partial charge on any atom is 0.230 e. The molecule has 34 heavy (non-hydrogen) atoms. The second-order valence-electron chi connectivity index (χ2n) is 8.99. The summed E-state index contributed by atoms with van der Waals surface area (Å²) in [4.78, 5) is 15.4. The van der Waals surface area contributed by atoms with E-state index in [0.717, 1.165) is 32.5 Å². The largest absolute Gasteiger partial charge is 0.490 e. The van der Waals surface area contributed by atoms with Crippen molar-refractivity contribution in [1.29, 1.82) is 0 Å². The second-order valence-corrected chi connectivity index (χ2v) is 8.99. The van der Waals surface area contributed by atoms with E-state index < -0.39 is 11.5 Å². The van der Waals surface area contributed by atoms with Gasteiger partial charge in [-0.25, -0.2) is 0 Å². The number of methoxy groups -OCH3 is 1. The lowest BCUT2D eigenvalue weighted by Gasteiger charge is -2.41. The molecule has 2 aromatic rings. The molecule has 0 bridgehead atoms. The third-order valence-electron chi connectivity index (χ3n) is 6.47. The van der Waals surface area contributed by atoms with Crippen molar-refractivity contribution in [2.24, 2.45) is 5.92 Å². The second kappa shape index (κ2) is 12.7. The van der Waals surface area contributed by atoms with Crippen LogP contribution < -0.4 is 14.8 Å². The molecule has 0 saturated carbocycles. The third kappa shape index (κ3) is 7.19. The number of likely N-dealkylation sites (tertiary alicyclic amines) is 1. The van der Waals surface area contributed by atoms with Crippen LogP contribution in [-0.2, 0) is 16.1 Å². The number of ether oxygens (including phenoxy) is 3. The number of anilines is 1. The average molecular weight is 471 g/mol. The van der Waals surface area contributed by atoms with Gasteiger partial charge in [0.05, 0.1) is 18.1 Å². The number of nitrogens with one attached hydrogen (secondary N) is 1. The number of aliphatic hydroxyl groups is 1. The van der Waals surface area contributed by atoms with Crippen LogP contribution in [-0.4, -0.2) is 55.1 Å². The number of nitrogens with zero attached hydrogens (tertiary/aromatic N) is 1. The molecule has 0 aromatic heterocycles. The molecule has 1 heterocycles. The Labute approximate surface area is 203 Å². The number of benzene rings is 2. The van der Waals surface area contributed by atoms with Gasteiger partial charge in [0.15, 0.2) is 18.3 Å². The maximum absolute atomic E-state index is 13.0. The summed E-state index contributed by atoms with van der Waals surface area (Å²) < 4.78 is 16.5. The van der Waals surface area contributed by atoms with E-state index in [1.807, 2.05) is 18.2 Å². The molecule has 1 unspecified atom stereocenters. The first-order chi connectivity index (χ1) is 16.4. The molecule has 3 rings (SSSR count). The van der Waals surface area contributed by atoms with Crippen molar-refractivity contribution in [1.82, 2.24) is 4.90 Å². The SMILES string of the molecule is CCCCOc1ccc(NC(=O)C(C)C2(O)CCN(Cc3ccccc3)CC2)cc1OCOC. The van der Waals surface area contributed by atoms with Gasteiger partial charge in [0.25, 0.3) is 0 Å². The van der Waals surface area contributed by atoms with Crippen LogP contribution in [0.4, 0.5) is 5.69 Å². The highest BCUT2D eigenvalue weighted by Gasteiger charge is 2.41. The fourth-order valence-electron chi connectivity index (χ4n) is 4.13. The molecule has 1 amide bonds. The van der Waals surface area contributed by atoms with Crippen LogP contribution in [0.1, 0.15) is 45.1 Å². The molecule has 1 saturated heterocycles. The lowest BCUT2D eigenvalue weighted by atomic mass is 9.80. The highest BCUT2D eigenvalue weighted by molar-refractivity contribution is 5.93. The van der Waals surface area contributed by atoms with Crippen LogP contribution in [0, 0.1) is 5.92 Å². The molecule has 2 aromatic carbocycles. The third-order valence-corrected chi connectivity index (χ3v) is 6.47. The van der Waals surface area contributed by atoms with Crippen LogP contribution in [0.25, 0.3) is 0 Å². The molecule has 7 nitrogen and oxygen atoms in total. The summed E-state index contributed by atoms with van der Waals surface area (Å²) in [6.45, 7) is 6.94. The Hall–Kier alpha value is -2.61. The number of carbonyl (C=O) groups excluding carboxylic acids is 1. The molecular formula is C27H38N2O5. The van der Waals surface area contributed by atoms with Gasteiger partial charge in [0.2, 0.25) is 5.91 Å². The van der Waals surface area contributed by atoms with Crippen molar-refractivity contribution in [3.63, 3.8) is 0 Å². The zero-order valence-electron chi connectivity index (χ0n) is 20.6. The Morgan fingerprint density at radius 3 is 2.53 bits per heavy atom. The van der Waals surface area contributed by atoms with Gasteiger partial charge in [-0.3, -0.25) is 9.69 Å². The first-order valence-electron chi connectivity index (χ1n) is 12.1. The van der Waals surface area contributed by atoms with E-state index >= 15 is 0 Å². The lowest BCUT2D eigenvalue weighted by Crippen LogP contribution is -2.51. The van der Waals surface area contributed by atoms with E-state index in [9.17, 15) is 9.90 Å². The Morgan fingerprint density at radius 2 is 1.85 bits per heavy atom. The first kappa shape index (κ1) is 26.0. The minimum atomic E-state index is -1.03. The summed E-state index contributed by atoms with van der Waals surface area (Å²) in [5, 5.41) is 14.2. The topological polar surface area (TPSA) is 80.3 Å². The molecule has 1 aliphatic heterocycles. The summed E-state index contributed by atoms with van der Waals surface area (Å²) in [5.74, 6) is 0.365. The van der Waals surface area contributed by atoms with Crippen molar-refractivity contribution >= 4 is 11.6 Å². The van der Waals surface area contributed by atoms with E-state index in [2.05, 4.69) is 29.3 Å². The normalized spacial score (nSPS) is 16.6. The highest BCUT2D eigenvalue weighted by Crippen LogP contribution is 2.34. The quantitative estimate of drug-likeness (QED) is 0.352. The Morgan fingerprint density at radius 1 is 1.12 bits per heavy atom. The molecule has 2 N–H and O–H groups in total. The summed E-state index contributed by atoms with van der Waals surface area (Å²) in [7, 11) is 1.55. The molecule has 1 atom stereocenters. The molecule has 186 valence electrons. The van der Waals surface area contributed by atoms with Gasteiger partial charge in [-0.2, -0.15) is 0 Å². The van der Waals surface area contributed by atoms with Gasteiger partial charge >= 0.3 is 0 Å². The smallest absolute Gasteiger partial charge is 0.230 e. The first-order valence-corrected chi connectivity index (χ1v) is 12.1. The summed E-state index contributed by atoms with van der Waals surface area (Å²) >= 11 is 0. The summed E-state index contributed by atoms with van der Waals surface area (Å²) in [5.41, 5.74) is 0.818. The van der Waals surface area contributed by atoms with Crippen LogP contribution >= 0.6 is 0 Å². The van der Waals surface area contributed by atoms with E-state index in [1.54, 1.807) is 32.2 Å². The van der Waals surface area contributed by atoms with Crippen LogP contribution in [0.15, 0.2) is 48.5 Å².